The number of ether oxygens (including phenoxy) is 2. The average Bonchev–Trinajstić information content (AvgIpc) is 2.79. The van der Waals surface area contributed by atoms with E-state index in [9.17, 15) is 9.59 Å². The van der Waals surface area contributed by atoms with E-state index in [2.05, 4.69) is 5.32 Å². The van der Waals surface area contributed by atoms with Crippen LogP contribution in [0.1, 0.15) is 33.3 Å². The van der Waals surface area contributed by atoms with E-state index in [0.717, 1.165) is 21.8 Å². The maximum absolute atomic E-state index is 12.4. The van der Waals surface area contributed by atoms with Gasteiger partial charge >= 0.3 is 5.97 Å². The maximum atomic E-state index is 12.4. The van der Waals surface area contributed by atoms with Crippen molar-refractivity contribution in [2.24, 2.45) is 0 Å². The van der Waals surface area contributed by atoms with Gasteiger partial charge in [-0.1, -0.05) is 12.1 Å². The summed E-state index contributed by atoms with van der Waals surface area (Å²) < 4.78 is 10.5. The predicted octanol–water partition coefficient (Wildman–Crippen LogP) is 3.69. The van der Waals surface area contributed by atoms with Gasteiger partial charge in [0, 0.05) is 11.8 Å². The average molecular weight is 333 g/mol. The third-order valence-corrected chi connectivity index (χ3v) is 4.53. The van der Waals surface area contributed by atoms with Gasteiger partial charge in [-0.25, -0.2) is 4.79 Å². The van der Waals surface area contributed by atoms with E-state index in [-0.39, 0.29) is 12.5 Å². The maximum Gasteiger partial charge on any atom is 0.341 e. The molecule has 122 valence electrons. The molecule has 6 heteroatoms. The molecule has 0 bridgehead atoms. The molecule has 0 fully saturated rings. The van der Waals surface area contributed by atoms with Crippen LogP contribution in [0.3, 0.4) is 0 Å². The van der Waals surface area contributed by atoms with E-state index < -0.39 is 5.97 Å². The van der Waals surface area contributed by atoms with Crippen LogP contribution in [0, 0.1) is 13.8 Å². The lowest BCUT2D eigenvalue weighted by Crippen LogP contribution is -2.11. The lowest BCUT2D eigenvalue weighted by molar-refractivity contribution is -0.114. The van der Waals surface area contributed by atoms with Gasteiger partial charge in [-0.15, -0.1) is 11.3 Å². The van der Waals surface area contributed by atoms with Gasteiger partial charge in [-0.3, -0.25) is 4.79 Å². The molecule has 0 saturated heterocycles. The fraction of sp³-hybridized carbons (Fsp3) is 0.294. The summed E-state index contributed by atoms with van der Waals surface area (Å²) in [6.45, 7) is 5.33. The standard InChI is InChI=1S/C17H19NO4S/c1-10-11(2)23-16(18-12(3)19)15(10)17(20)22-9-13-5-7-14(21-4)8-6-13/h5-8H,9H2,1-4H3,(H,18,19). The summed E-state index contributed by atoms with van der Waals surface area (Å²) in [5, 5.41) is 3.23. The van der Waals surface area contributed by atoms with Gasteiger partial charge in [0.25, 0.3) is 0 Å². The fourth-order valence-electron chi connectivity index (χ4n) is 2.06. The summed E-state index contributed by atoms with van der Waals surface area (Å²) in [6.07, 6.45) is 0. The van der Waals surface area contributed by atoms with Crippen LogP contribution in [0.5, 0.6) is 5.75 Å². The van der Waals surface area contributed by atoms with Gasteiger partial charge in [-0.2, -0.15) is 0 Å². The molecular formula is C17H19NO4S. The summed E-state index contributed by atoms with van der Waals surface area (Å²) in [4.78, 5) is 24.6. The van der Waals surface area contributed by atoms with E-state index in [1.807, 2.05) is 38.1 Å². The number of carbonyl (C=O) groups excluding carboxylic acids is 2. The molecule has 1 heterocycles. The highest BCUT2D eigenvalue weighted by Gasteiger charge is 2.21. The molecular weight excluding hydrogens is 314 g/mol. The van der Waals surface area contributed by atoms with Gasteiger partial charge in [0.2, 0.25) is 5.91 Å². The number of rotatable bonds is 5. The normalized spacial score (nSPS) is 10.3. The first-order chi connectivity index (χ1) is 10.9. The Morgan fingerprint density at radius 2 is 1.83 bits per heavy atom. The van der Waals surface area contributed by atoms with Crippen LogP contribution in [-0.4, -0.2) is 19.0 Å². The molecule has 0 aliphatic heterocycles. The van der Waals surface area contributed by atoms with Crippen LogP contribution >= 0.6 is 11.3 Å². The Kier molecular flexibility index (Phi) is 5.39. The van der Waals surface area contributed by atoms with Crippen LogP contribution in [0.15, 0.2) is 24.3 Å². The third kappa shape index (κ3) is 4.10. The number of hydrogen-bond donors (Lipinski definition) is 1. The first-order valence-corrected chi connectivity index (χ1v) is 7.91. The first-order valence-electron chi connectivity index (χ1n) is 7.10. The summed E-state index contributed by atoms with van der Waals surface area (Å²) in [5.41, 5.74) is 2.12. The molecule has 0 aliphatic rings. The third-order valence-electron chi connectivity index (χ3n) is 3.41. The second kappa shape index (κ2) is 7.28. The number of esters is 1. The molecule has 0 radical (unpaired) electrons. The van der Waals surface area contributed by atoms with Crippen molar-refractivity contribution in [3.8, 4) is 5.75 Å². The lowest BCUT2D eigenvalue weighted by Gasteiger charge is -2.08. The number of anilines is 1. The van der Waals surface area contributed by atoms with Gasteiger partial charge in [-0.05, 0) is 37.1 Å². The molecule has 0 unspecified atom stereocenters. The summed E-state index contributed by atoms with van der Waals surface area (Å²) in [7, 11) is 1.60. The topological polar surface area (TPSA) is 64.6 Å². The minimum atomic E-state index is -0.439. The molecule has 0 saturated carbocycles. The number of amides is 1. The Morgan fingerprint density at radius 3 is 2.39 bits per heavy atom. The molecule has 5 nitrogen and oxygen atoms in total. The van der Waals surface area contributed by atoms with Crippen molar-refractivity contribution in [2.45, 2.75) is 27.4 Å². The van der Waals surface area contributed by atoms with Crippen molar-refractivity contribution in [2.75, 3.05) is 12.4 Å². The Bertz CT molecular complexity index is 719. The number of thiophene rings is 1. The van der Waals surface area contributed by atoms with Gasteiger partial charge in [0.1, 0.15) is 17.4 Å². The lowest BCUT2D eigenvalue weighted by atomic mass is 10.1. The van der Waals surface area contributed by atoms with Gasteiger partial charge < -0.3 is 14.8 Å². The quantitative estimate of drug-likeness (QED) is 0.848. The van der Waals surface area contributed by atoms with Crippen molar-refractivity contribution in [3.63, 3.8) is 0 Å². The Morgan fingerprint density at radius 1 is 1.17 bits per heavy atom. The van der Waals surface area contributed by atoms with Crippen molar-refractivity contribution >= 4 is 28.2 Å². The van der Waals surface area contributed by atoms with E-state index in [0.29, 0.717) is 10.6 Å². The second-order valence-corrected chi connectivity index (χ2v) is 6.32. The largest absolute Gasteiger partial charge is 0.497 e. The van der Waals surface area contributed by atoms with E-state index in [1.54, 1.807) is 7.11 Å². The monoisotopic (exact) mass is 333 g/mol. The van der Waals surface area contributed by atoms with E-state index >= 15 is 0 Å². The SMILES string of the molecule is COc1ccc(COC(=O)c2c(NC(C)=O)sc(C)c2C)cc1. The number of carbonyl (C=O) groups is 2. The van der Waals surface area contributed by atoms with Crippen LogP contribution in [0.25, 0.3) is 0 Å². The number of methoxy groups -OCH3 is 1. The highest BCUT2D eigenvalue weighted by molar-refractivity contribution is 7.16. The first kappa shape index (κ1) is 17.0. The molecule has 1 aromatic heterocycles. The van der Waals surface area contributed by atoms with Gasteiger partial charge in [0.15, 0.2) is 0 Å². The second-order valence-electron chi connectivity index (χ2n) is 5.09. The summed E-state index contributed by atoms with van der Waals surface area (Å²) >= 11 is 1.37. The molecule has 2 aromatic rings. The van der Waals surface area contributed by atoms with E-state index in [4.69, 9.17) is 9.47 Å². The predicted molar refractivity (Wildman–Crippen MR) is 90.2 cm³/mol. The molecule has 1 N–H and O–H groups in total. The van der Waals surface area contributed by atoms with Crippen LogP contribution in [0.2, 0.25) is 0 Å². The molecule has 0 spiro atoms. The Balaban J connectivity index is 2.12. The Hall–Kier alpha value is -2.34. The van der Waals surface area contributed by atoms with Crippen molar-refractivity contribution in [1.29, 1.82) is 0 Å². The van der Waals surface area contributed by atoms with Crippen molar-refractivity contribution < 1.29 is 19.1 Å². The van der Waals surface area contributed by atoms with Gasteiger partial charge in [0.05, 0.1) is 12.7 Å². The smallest absolute Gasteiger partial charge is 0.341 e. The molecule has 23 heavy (non-hydrogen) atoms. The minimum Gasteiger partial charge on any atom is -0.497 e. The summed E-state index contributed by atoms with van der Waals surface area (Å²) in [6, 6.07) is 7.30. The molecule has 1 amide bonds. The number of hydrogen-bond acceptors (Lipinski definition) is 5. The highest BCUT2D eigenvalue weighted by Crippen LogP contribution is 2.33. The van der Waals surface area contributed by atoms with Crippen LogP contribution in [-0.2, 0) is 16.1 Å². The van der Waals surface area contributed by atoms with Crippen LogP contribution in [0.4, 0.5) is 5.00 Å². The van der Waals surface area contributed by atoms with Crippen molar-refractivity contribution in [1.82, 2.24) is 0 Å². The number of benzene rings is 1. The zero-order chi connectivity index (χ0) is 17.0. The fourth-order valence-corrected chi connectivity index (χ4v) is 3.16. The number of nitrogens with one attached hydrogen (secondary N) is 1. The number of aryl methyl sites for hydroxylation is 1. The highest BCUT2D eigenvalue weighted by atomic mass is 32.1. The zero-order valence-electron chi connectivity index (χ0n) is 13.6. The zero-order valence-corrected chi connectivity index (χ0v) is 14.4. The van der Waals surface area contributed by atoms with Crippen LogP contribution < -0.4 is 10.1 Å². The molecule has 1 aromatic carbocycles. The Labute approximate surface area is 139 Å². The molecule has 0 aliphatic carbocycles. The summed E-state index contributed by atoms with van der Waals surface area (Å²) in [5.74, 6) is 0.0965. The molecule has 2 rings (SSSR count). The van der Waals surface area contributed by atoms with E-state index in [1.165, 1.54) is 18.3 Å². The van der Waals surface area contributed by atoms with Crippen molar-refractivity contribution in [3.05, 3.63) is 45.8 Å². The molecule has 0 atom stereocenters. The minimum absolute atomic E-state index is 0.163.